The van der Waals surface area contributed by atoms with Crippen molar-refractivity contribution in [3.8, 4) is 11.3 Å². The monoisotopic (exact) mass is 882 g/mol. The normalized spacial score (nSPS) is 19.6. The van der Waals surface area contributed by atoms with Crippen LogP contribution in [0.2, 0.25) is 0 Å². The predicted octanol–water partition coefficient (Wildman–Crippen LogP) is 5.37. The zero-order chi connectivity index (χ0) is 44.4. The number of halogens is 2. The molecule has 1 atom stereocenters. The molecule has 3 amide bonds. The van der Waals surface area contributed by atoms with E-state index >= 15 is 8.78 Å². The minimum absolute atomic E-state index is 0.0980. The molecule has 2 aromatic carbocycles. The number of ketones is 1. The first-order chi connectivity index (χ1) is 30.3. The molecule has 3 aromatic heterocycles. The Labute approximate surface area is 363 Å². The minimum atomic E-state index is -4.15. The van der Waals surface area contributed by atoms with Gasteiger partial charge in [-0.3, -0.25) is 29.2 Å². The molecule has 5 aromatic rings. The van der Waals surface area contributed by atoms with E-state index in [1.165, 1.54) is 18.8 Å². The van der Waals surface area contributed by atoms with E-state index in [1.807, 2.05) is 21.9 Å². The number of hydrogen-bond donors (Lipinski definition) is 4. The van der Waals surface area contributed by atoms with E-state index in [9.17, 15) is 27.6 Å². The first-order valence-corrected chi connectivity index (χ1v) is 22.5. The van der Waals surface area contributed by atoms with E-state index in [1.54, 1.807) is 31.5 Å². The number of H-pyrrole nitrogens is 1. The van der Waals surface area contributed by atoms with Gasteiger partial charge in [0.2, 0.25) is 29.5 Å². The smallest absolute Gasteiger partial charge is 0.301 e. The van der Waals surface area contributed by atoms with E-state index in [0.717, 1.165) is 47.8 Å². The van der Waals surface area contributed by atoms with Crippen molar-refractivity contribution in [2.45, 2.75) is 63.8 Å². The lowest BCUT2D eigenvalue weighted by Crippen LogP contribution is -2.49. The number of pyridine rings is 1. The first-order valence-electron chi connectivity index (χ1n) is 21.1. The van der Waals surface area contributed by atoms with Gasteiger partial charge in [-0.15, -0.1) is 0 Å². The fourth-order valence-corrected chi connectivity index (χ4v) is 9.36. The van der Waals surface area contributed by atoms with Crippen LogP contribution in [0, 0.1) is 17.6 Å². The van der Waals surface area contributed by atoms with Crippen LogP contribution in [0.1, 0.15) is 79.3 Å². The molecule has 330 valence electrons. The van der Waals surface area contributed by atoms with E-state index < -0.39 is 44.9 Å². The summed E-state index contributed by atoms with van der Waals surface area (Å²) in [6.45, 7) is 3.92. The number of piperidine rings is 1. The van der Waals surface area contributed by atoms with Crippen molar-refractivity contribution in [3.05, 3.63) is 95.4 Å². The van der Waals surface area contributed by atoms with Gasteiger partial charge >= 0.3 is 10.2 Å². The molecule has 4 N–H and O–H groups in total. The number of nitrogens with one attached hydrogen (secondary N) is 4. The highest BCUT2D eigenvalue weighted by Crippen LogP contribution is 2.38. The molecule has 19 heteroatoms. The number of piperazine rings is 1. The molecule has 1 saturated carbocycles. The van der Waals surface area contributed by atoms with Gasteiger partial charge in [-0.1, -0.05) is 19.1 Å². The SMILES string of the molecule is CCN(C)S(=O)(=O)Nc1ccc(F)c(C(=O)c2c[nH]c3ccc(-c4cnc(N5CCN(C(=O)CC6CCC(c7ccc(NC8CCC(=O)NC8=O)cc7)CC6)CC5)nc4)nc23)c1F. The van der Waals surface area contributed by atoms with Crippen molar-refractivity contribution in [1.82, 2.24) is 34.5 Å². The Morgan fingerprint density at radius 1 is 0.921 bits per heavy atom. The van der Waals surface area contributed by atoms with Crippen LogP contribution in [-0.2, 0) is 24.6 Å². The van der Waals surface area contributed by atoms with E-state index in [0.29, 0.717) is 80.0 Å². The number of aromatic nitrogens is 4. The summed E-state index contributed by atoms with van der Waals surface area (Å²) < 4.78 is 58.7. The summed E-state index contributed by atoms with van der Waals surface area (Å²) in [7, 11) is -2.86. The van der Waals surface area contributed by atoms with Crippen LogP contribution in [0.3, 0.4) is 0 Å². The Balaban J connectivity index is 0.834. The first kappa shape index (κ1) is 43.3. The number of benzene rings is 2. The van der Waals surface area contributed by atoms with Gasteiger partial charge in [-0.25, -0.2) is 23.7 Å². The number of anilines is 3. The highest BCUT2D eigenvalue weighted by Gasteiger charge is 2.31. The van der Waals surface area contributed by atoms with E-state index in [2.05, 4.69) is 47.4 Å². The Morgan fingerprint density at radius 2 is 1.63 bits per heavy atom. The van der Waals surface area contributed by atoms with Crippen LogP contribution in [0.4, 0.5) is 26.1 Å². The molecular formula is C44H48F2N10O6S. The van der Waals surface area contributed by atoms with Gasteiger partial charge in [-0.2, -0.15) is 12.7 Å². The summed E-state index contributed by atoms with van der Waals surface area (Å²) in [6, 6.07) is 12.9. The molecule has 0 bridgehead atoms. The van der Waals surface area contributed by atoms with Crippen molar-refractivity contribution in [2.75, 3.05) is 54.7 Å². The van der Waals surface area contributed by atoms with Crippen LogP contribution in [0.5, 0.6) is 0 Å². The van der Waals surface area contributed by atoms with Crippen LogP contribution >= 0.6 is 0 Å². The summed E-state index contributed by atoms with van der Waals surface area (Å²) in [5.74, 6) is -2.66. The molecule has 2 saturated heterocycles. The van der Waals surface area contributed by atoms with Crippen LogP contribution in [0.15, 0.2) is 67.1 Å². The molecule has 3 fully saturated rings. The number of rotatable bonds is 13. The summed E-state index contributed by atoms with van der Waals surface area (Å²) >= 11 is 0. The van der Waals surface area contributed by atoms with E-state index in [4.69, 9.17) is 0 Å². The van der Waals surface area contributed by atoms with Crippen molar-refractivity contribution >= 4 is 62.1 Å². The summed E-state index contributed by atoms with van der Waals surface area (Å²) in [5.41, 5.74) is 2.02. The second-order valence-corrected chi connectivity index (χ2v) is 18.0. The quantitative estimate of drug-likeness (QED) is 0.0875. The van der Waals surface area contributed by atoms with Crippen LogP contribution < -0.4 is 20.3 Å². The summed E-state index contributed by atoms with van der Waals surface area (Å²) in [4.78, 5) is 71.2. The molecule has 0 radical (unpaired) electrons. The highest BCUT2D eigenvalue weighted by molar-refractivity contribution is 7.90. The van der Waals surface area contributed by atoms with Gasteiger partial charge in [0, 0.05) is 82.5 Å². The highest BCUT2D eigenvalue weighted by atomic mass is 32.2. The van der Waals surface area contributed by atoms with Crippen LogP contribution in [0.25, 0.3) is 22.3 Å². The molecule has 1 aliphatic carbocycles. The van der Waals surface area contributed by atoms with Crippen molar-refractivity contribution < 1.29 is 36.4 Å². The zero-order valence-electron chi connectivity index (χ0n) is 34.9. The molecule has 8 rings (SSSR count). The number of imide groups is 1. The van der Waals surface area contributed by atoms with Gasteiger partial charge in [-0.05, 0) is 85.9 Å². The van der Waals surface area contributed by atoms with Crippen LogP contribution in [-0.4, -0.2) is 107 Å². The zero-order valence-corrected chi connectivity index (χ0v) is 35.7. The lowest BCUT2D eigenvalue weighted by molar-refractivity contribution is -0.134. The average Bonchev–Trinajstić information content (AvgIpc) is 3.72. The molecule has 2 aliphatic heterocycles. The third-order valence-corrected chi connectivity index (χ3v) is 13.9. The molecule has 5 heterocycles. The number of aromatic amines is 1. The molecular weight excluding hydrogens is 835 g/mol. The fourth-order valence-electron chi connectivity index (χ4n) is 8.43. The van der Waals surface area contributed by atoms with Gasteiger partial charge in [0.1, 0.15) is 11.9 Å². The third kappa shape index (κ3) is 9.39. The average molecular weight is 883 g/mol. The van der Waals surface area contributed by atoms with Crippen molar-refractivity contribution in [3.63, 3.8) is 0 Å². The maximum atomic E-state index is 15.6. The second kappa shape index (κ2) is 18.2. The van der Waals surface area contributed by atoms with Gasteiger partial charge in [0.15, 0.2) is 5.82 Å². The number of amides is 3. The molecule has 0 spiro atoms. The largest absolute Gasteiger partial charge is 0.374 e. The molecule has 63 heavy (non-hydrogen) atoms. The fraction of sp³-hybridized carbons (Fsp3) is 0.386. The van der Waals surface area contributed by atoms with Gasteiger partial charge < -0.3 is 20.1 Å². The minimum Gasteiger partial charge on any atom is -0.374 e. The van der Waals surface area contributed by atoms with E-state index in [-0.39, 0.29) is 35.3 Å². The number of fused-ring (bicyclic) bond motifs is 1. The number of carbonyl (C=O) groups is 4. The standard InChI is InChI=1S/C44H48F2N10O6S/c1-3-54(2)63(61,62)53-34-13-12-32(45)39(40(34)46)42(59)31-25-47-35-15-14-33(51-41(31)35)29-23-48-44(49-24-29)56-20-18-55(19-21-56)38(58)22-26-4-6-27(7-5-26)28-8-10-30(11-9-28)50-36-16-17-37(57)52-43(36)60/h8-15,23-27,36,47,50,53H,3-7,16-22H2,1-2H3,(H,52,57,60). The van der Waals surface area contributed by atoms with Crippen molar-refractivity contribution in [1.29, 1.82) is 0 Å². The Kier molecular flexibility index (Phi) is 12.5. The Morgan fingerprint density at radius 3 is 2.32 bits per heavy atom. The topological polar surface area (TPSA) is 203 Å². The predicted molar refractivity (Wildman–Crippen MR) is 232 cm³/mol. The summed E-state index contributed by atoms with van der Waals surface area (Å²) in [5, 5.41) is 5.60. The number of carbonyl (C=O) groups excluding carboxylic acids is 4. The van der Waals surface area contributed by atoms with Crippen molar-refractivity contribution in [2.24, 2.45) is 5.92 Å². The maximum absolute atomic E-state index is 15.6. The Hall–Kier alpha value is -6.34. The molecule has 3 aliphatic rings. The summed E-state index contributed by atoms with van der Waals surface area (Å²) in [6.07, 6.45) is 9.80. The number of nitrogens with zero attached hydrogens (tertiary/aromatic N) is 6. The molecule has 16 nitrogen and oxygen atoms in total. The lowest BCUT2D eigenvalue weighted by atomic mass is 9.77. The second-order valence-electron chi connectivity index (χ2n) is 16.3. The lowest BCUT2D eigenvalue weighted by Gasteiger charge is -2.36. The third-order valence-electron chi connectivity index (χ3n) is 12.3. The number of hydrogen-bond acceptors (Lipinski definition) is 11. The molecule has 1 unspecified atom stereocenters. The Bertz CT molecular complexity index is 2650. The van der Waals surface area contributed by atoms with Gasteiger partial charge in [0.25, 0.3) is 0 Å². The maximum Gasteiger partial charge on any atom is 0.301 e. The van der Waals surface area contributed by atoms with Gasteiger partial charge in [0.05, 0.1) is 33.5 Å².